The molecule has 30 heavy (non-hydrogen) atoms. The molecule has 8 heteroatoms. The molecule has 1 heterocycles. The van der Waals surface area contributed by atoms with Crippen molar-refractivity contribution in [1.82, 2.24) is 0 Å². The summed E-state index contributed by atoms with van der Waals surface area (Å²) in [6, 6.07) is 10.2. The molecule has 7 nitrogen and oxygen atoms in total. The third kappa shape index (κ3) is 4.80. The van der Waals surface area contributed by atoms with Crippen LogP contribution in [0.3, 0.4) is 0 Å². The van der Waals surface area contributed by atoms with Crippen molar-refractivity contribution >= 4 is 35.5 Å². The number of benzene rings is 2. The highest BCUT2D eigenvalue weighted by Gasteiger charge is 2.25. The number of ether oxygens (including phenoxy) is 4. The van der Waals surface area contributed by atoms with Gasteiger partial charge in [0, 0.05) is 12.0 Å². The van der Waals surface area contributed by atoms with Gasteiger partial charge in [-0.05, 0) is 48.9 Å². The lowest BCUT2D eigenvalue weighted by Crippen LogP contribution is -2.08. The van der Waals surface area contributed by atoms with Crippen molar-refractivity contribution < 1.29 is 28.5 Å². The minimum absolute atomic E-state index is 0.102. The Morgan fingerprint density at radius 3 is 2.73 bits per heavy atom. The van der Waals surface area contributed by atoms with Crippen molar-refractivity contribution in [3.05, 3.63) is 58.2 Å². The largest absolute Gasteiger partial charge is 0.497 e. The Balaban J connectivity index is 1.96. The highest BCUT2D eigenvalue weighted by Crippen LogP contribution is 2.38. The van der Waals surface area contributed by atoms with Gasteiger partial charge in [-0.3, -0.25) is 4.79 Å². The van der Waals surface area contributed by atoms with Gasteiger partial charge in [-0.25, -0.2) is 9.79 Å². The highest BCUT2D eigenvalue weighted by atomic mass is 35.5. The second-order valence-corrected chi connectivity index (χ2v) is 6.57. The predicted molar refractivity (Wildman–Crippen MR) is 112 cm³/mol. The number of carbonyl (C=O) groups is 2. The lowest BCUT2D eigenvalue weighted by Gasteiger charge is -2.13. The van der Waals surface area contributed by atoms with Crippen LogP contribution in [0.1, 0.15) is 31.4 Å². The zero-order chi connectivity index (χ0) is 21.7. The molecule has 0 saturated carbocycles. The van der Waals surface area contributed by atoms with Gasteiger partial charge in [0.1, 0.15) is 5.75 Å². The minimum Gasteiger partial charge on any atom is -0.497 e. The fourth-order valence-electron chi connectivity index (χ4n) is 2.67. The number of rotatable bonds is 7. The van der Waals surface area contributed by atoms with E-state index in [2.05, 4.69) is 4.99 Å². The van der Waals surface area contributed by atoms with Gasteiger partial charge in [0.15, 0.2) is 17.2 Å². The lowest BCUT2D eigenvalue weighted by molar-refractivity contribution is -0.134. The van der Waals surface area contributed by atoms with E-state index in [1.54, 1.807) is 57.4 Å². The van der Waals surface area contributed by atoms with Crippen LogP contribution < -0.4 is 14.2 Å². The Labute approximate surface area is 178 Å². The maximum Gasteiger partial charge on any atom is 0.363 e. The molecule has 0 atom stereocenters. The molecule has 0 aromatic heterocycles. The fourth-order valence-corrected chi connectivity index (χ4v) is 2.92. The second-order valence-electron chi connectivity index (χ2n) is 6.16. The molecular weight excluding hydrogens is 410 g/mol. The van der Waals surface area contributed by atoms with Gasteiger partial charge >= 0.3 is 11.9 Å². The summed E-state index contributed by atoms with van der Waals surface area (Å²) in [6.45, 7) is 3.82. The number of hydrogen-bond donors (Lipinski definition) is 0. The van der Waals surface area contributed by atoms with Gasteiger partial charge in [-0.2, -0.15) is 0 Å². The fraction of sp³-hybridized carbons (Fsp3) is 0.227. The summed E-state index contributed by atoms with van der Waals surface area (Å²) in [5.74, 6) is 0.201. The van der Waals surface area contributed by atoms with E-state index in [9.17, 15) is 9.59 Å². The molecule has 0 radical (unpaired) electrons. The van der Waals surface area contributed by atoms with E-state index in [1.165, 1.54) is 6.08 Å². The van der Waals surface area contributed by atoms with E-state index in [-0.39, 0.29) is 28.8 Å². The second kappa shape index (κ2) is 9.45. The van der Waals surface area contributed by atoms with Crippen LogP contribution in [0.25, 0.3) is 6.08 Å². The lowest BCUT2D eigenvalue weighted by atomic mass is 10.1. The van der Waals surface area contributed by atoms with Crippen LogP contribution in [0.15, 0.2) is 47.1 Å². The van der Waals surface area contributed by atoms with Gasteiger partial charge < -0.3 is 18.9 Å². The van der Waals surface area contributed by atoms with Crippen molar-refractivity contribution in [2.75, 3.05) is 13.7 Å². The summed E-state index contributed by atoms with van der Waals surface area (Å²) in [5.41, 5.74) is 1.26. The normalized spacial score (nSPS) is 14.3. The molecule has 0 N–H and O–H groups in total. The van der Waals surface area contributed by atoms with Crippen molar-refractivity contribution in [1.29, 1.82) is 0 Å². The predicted octanol–water partition coefficient (Wildman–Crippen LogP) is 4.41. The van der Waals surface area contributed by atoms with Gasteiger partial charge in [0.05, 0.1) is 18.7 Å². The molecule has 0 fully saturated rings. The number of aliphatic imine (C=N–C) groups is 1. The van der Waals surface area contributed by atoms with Crippen LogP contribution in [0.5, 0.6) is 17.2 Å². The average Bonchev–Trinajstić information content (AvgIpc) is 3.11. The number of nitrogens with zero attached hydrogens (tertiary/aromatic N) is 1. The molecule has 0 aliphatic carbocycles. The number of esters is 2. The van der Waals surface area contributed by atoms with Crippen molar-refractivity contribution in [2.45, 2.75) is 20.3 Å². The molecular formula is C22H20ClNO6. The molecule has 0 bridgehead atoms. The molecule has 0 amide bonds. The zero-order valence-corrected chi connectivity index (χ0v) is 17.5. The van der Waals surface area contributed by atoms with Gasteiger partial charge in [-0.15, -0.1) is 0 Å². The summed E-state index contributed by atoms with van der Waals surface area (Å²) in [7, 11) is 1.55. The van der Waals surface area contributed by atoms with E-state index in [0.29, 0.717) is 29.2 Å². The van der Waals surface area contributed by atoms with E-state index >= 15 is 0 Å². The Morgan fingerprint density at radius 2 is 2.03 bits per heavy atom. The first-order chi connectivity index (χ1) is 14.4. The van der Waals surface area contributed by atoms with Crippen LogP contribution in [0.2, 0.25) is 5.02 Å². The molecule has 156 valence electrons. The quantitative estimate of drug-likeness (QED) is 0.368. The Morgan fingerprint density at radius 1 is 1.23 bits per heavy atom. The molecule has 1 aliphatic heterocycles. The first kappa shape index (κ1) is 21.4. The molecule has 3 rings (SSSR count). The van der Waals surface area contributed by atoms with Crippen molar-refractivity contribution in [2.24, 2.45) is 4.99 Å². The van der Waals surface area contributed by atoms with Crippen LogP contribution in [0.4, 0.5) is 0 Å². The monoisotopic (exact) mass is 429 g/mol. The number of carbonyl (C=O) groups excluding carboxylic acids is 2. The number of hydrogen-bond acceptors (Lipinski definition) is 7. The summed E-state index contributed by atoms with van der Waals surface area (Å²) < 4.78 is 21.3. The number of cyclic esters (lactones) is 1. The van der Waals surface area contributed by atoms with E-state index in [1.807, 2.05) is 0 Å². The highest BCUT2D eigenvalue weighted by molar-refractivity contribution is 6.32. The molecule has 0 saturated heterocycles. The molecule has 0 spiro atoms. The average molecular weight is 430 g/mol. The van der Waals surface area contributed by atoms with Crippen LogP contribution in [0, 0.1) is 0 Å². The van der Waals surface area contributed by atoms with Crippen molar-refractivity contribution in [3.63, 3.8) is 0 Å². The maximum absolute atomic E-state index is 12.3. The Hall–Kier alpha value is -3.32. The van der Waals surface area contributed by atoms with E-state index in [4.69, 9.17) is 30.5 Å². The van der Waals surface area contributed by atoms with Crippen molar-refractivity contribution in [3.8, 4) is 17.2 Å². The topological polar surface area (TPSA) is 83.4 Å². The van der Waals surface area contributed by atoms with Crippen LogP contribution in [-0.4, -0.2) is 31.6 Å². The molecule has 0 unspecified atom stereocenters. The Bertz CT molecular complexity index is 1040. The third-order valence-electron chi connectivity index (χ3n) is 4.08. The SMILES string of the molecule is CCOc1cc(C=C2N=C(c3cccc(OC)c3)OC2=O)cc(Cl)c1OC(=O)CC. The zero-order valence-electron chi connectivity index (χ0n) is 16.7. The minimum atomic E-state index is -0.594. The summed E-state index contributed by atoms with van der Waals surface area (Å²) >= 11 is 6.30. The van der Waals surface area contributed by atoms with Gasteiger partial charge in [0.25, 0.3) is 0 Å². The smallest absolute Gasteiger partial charge is 0.363 e. The Kier molecular flexibility index (Phi) is 6.74. The van der Waals surface area contributed by atoms with E-state index in [0.717, 1.165) is 0 Å². The first-order valence-corrected chi connectivity index (χ1v) is 9.67. The molecule has 2 aromatic rings. The number of methoxy groups -OCH3 is 1. The summed E-state index contributed by atoms with van der Waals surface area (Å²) in [4.78, 5) is 28.3. The molecule has 2 aromatic carbocycles. The number of halogens is 1. The first-order valence-electron chi connectivity index (χ1n) is 9.29. The summed E-state index contributed by atoms with van der Waals surface area (Å²) in [5, 5.41) is 0.179. The summed E-state index contributed by atoms with van der Waals surface area (Å²) in [6.07, 6.45) is 1.72. The van der Waals surface area contributed by atoms with Gasteiger partial charge in [0.2, 0.25) is 5.90 Å². The molecule has 1 aliphatic rings. The van der Waals surface area contributed by atoms with Crippen LogP contribution in [-0.2, 0) is 14.3 Å². The maximum atomic E-state index is 12.3. The van der Waals surface area contributed by atoms with E-state index < -0.39 is 11.9 Å². The standard InChI is InChI=1S/C22H20ClNO6/c1-4-19(25)29-20-16(23)9-13(11-18(20)28-5-2)10-17-22(26)30-21(24-17)14-7-6-8-15(12-14)27-3/h6-12H,4-5H2,1-3H3. The third-order valence-corrected chi connectivity index (χ3v) is 4.36. The van der Waals surface area contributed by atoms with Crippen LogP contribution >= 0.6 is 11.6 Å². The van der Waals surface area contributed by atoms with Gasteiger partial charge in [-0.1, -0.05) is 24.6 Å².